The molecule has 1 fully saturated rings. The molecule has 2 N–H and O–H groups in total. The lowest BCUT2D eigenvalue weighted by Crippen LogP contribution is -2.44. The Morgan fingerprint density at radius 2 is 2.40 bits per heavy atom. The van der Waals surface area contributed by atoms with Gasteiger partial charge in [0.25, 0.3) is 0 Å². The molecule has 4 heteroatoms. The molecule has 1 aliphatic heterocycles. The number of carbonyl (C=O) groups is 2. The van der Waals surface area contributed by atoms with Crippen LogP contribution in [0.25, 0.3) is 0 Å². The Kier molecular flexibility index (Phi) is 1.48. The monoisotopic (exact) mass is 143 g/mol. The van der Waals surface area contributed by atoms with Crippen molar-refractivity contribution in [3.63, 3.8) is 0 Å². The molecule has 1 heterocycles. The maximum Gasteiger partial charge on any atom is 0.324 e. The first-order chi connectivity index (χ1) is 4.54. The highest BCUT2D eigenvalue weighted by Crippen LogP contribution is 2.15. The number of carboxylic acids is 1. The minimum atomic E-state index is -1.02. The molecule has 10 heavy (non-hydrogen) atoms. The number of rotatable bonds is 1. The van der Waals surface area contributed by atoms with Gasteiger partial charge >= 0.3 is 5.97 Å². The fourth-order valence-electron chi connectivity index (χ4n) is 0.964. The lowest BCUT2D eigenvalue weighted by molar-refractivity contribution is -0.144. The number of ketones is 1. The van der Waals surface area contributed by atoms with Crippen LogP contribution < -0.4 is 5.32 Å². The van der Waals surface area contributed by atoms with Gasteiger partial charge in [0.2, 0.25) is 0 Å². The molecule has 1 unspecified atom stereocenters. The van der Waals surface area contributed by atoms with Gasteiger partial charge in [-0.1, -0.05) is 0 Å². The predicted octanol–water partition coefficient (Wildman–Crippen LogP) is -0.608. The molecular formula is C6H9NO3. The zero-order chi connectivity index (χ0) is 7.78. The van der Waals surface area contributed by atoms with Crippen molar-refractivity contribution < 1.29 is 14.7 Å². The maximum atomic E-state index is 10.6. The van der Waals surface area contributed by atoms with Gasteiger partial charge in [-0.15, -0.1) is 0 Å². The highest BCUT2D eigenvalue weighted by molar-refractivity contribution is 5.93. The summed E-state index contributed by atoms with van der Waals surface area (Å²) in [6.07, 6.45) is 0.0995. The van der Waals surface area contributed by atoms with Gasteiger partial charge in [-0.25, -0.2) is 0 Å². The minimum absolute atomic E-state index is 0.0371. The van der Waals surface area contributed by atoms with Crippen molar-refractivity contribution in [1.29, 1.82) is 0 Å². The Bertz CT molecular complexity index is 189. The van der Waals surface area contributed by atoms with E-state index in [-0.39, 0.29) is 18.7 Å². The summed E-state index contributed by atoms with van der Waals surface area (Å²) in [4.78, 5) is 21.1. The lowest BCUT2D eigenvalue weighted by Gasteiger charge is -2.15. The molecule has 0 amide bonds. The molecule has 56 valence electrons. The van der Waals surface area contributed by atoms with E-state index in [1.165, 1.54) is 6.92 Å². The standard InChI is InChI=1S/C6H9NO3/c1-6(5(9)10)2-4(8)3-7-6/h7H,2-3H2,1H3,(H,9,10). The molecule has 0 spiro atoms. The molecule has 0 radical (unpaired) electrons. The molecule has 0 aromatic carbocycles. The number of carboxylic acid groups (broad SMARTS) is 1. The molecule has 1 atom stereocenters. The summed E-state index contributed by atoms with van der Waals surface area (Å²) in [7, 11) is 0. The smallest absolute Gasteiger partial charge is 0.324 e. The number of Topliss-reactive ketones (excluding diaryl/α,β-unsaturated/α-hetero) is 1. The van der Waals surface area contributed by atoms with Gasteiger partial charge in [-0.3, -0.25) is 14.9 Å². The second-order valence-corrected chi connectivity index (χ2v) is 2.71. The van der Waals surface area contributed by atoms with E-state index in [0.29, 0.717) is 0 Å². The van der Waals surface area contributed by atoms with E-state index >= 15 is 0 Å². The van der Waals surface area contributed by atoms with E-state index in [4.69, 9.17) is 5.11 Å². The molecule has 4 nitrogen and oxygen atoms in total. The Hall–Kier alpha value is -0.900. The van der Waals surface area contributed by atoms with Crippen LogP contribution in [0, 0.1) is 0 Å². The summed E-state index contributed by atoms with van der Waals surface area (Å²) in [6.45, 7) is 1.70. The molecular weight excluding hydrogens is 134 g/mol. The highest BCUT2D eigenvalue weighted by atomic mass is 16.4. The summed E-state index contributed by atoms with van der Waals surface area (Å²) >= 11 is 0. The Morgan fingerprint density at radius 1 is 1.80 bits per heavy atom. The van der Waals surface area contributed by atoms with Crippen LogP contribution in [-0.4, -0.2) is 28.9 Å². The van der Waals surface area contributed by atoms with Gasteiger partial charge < -0.3 is 5.11 Å². The van der Waals surface area contributed by atoms with Gasteiger partial charge in [0.15, 0.2) is 0 Å². The van der Waals surface area contributed by atoms with Crippen LogP contribution in [0.15, 0.2) is 0 Å². The molecule has 0 aromatic heterocycles. The molecule has 1 aliphatic rings. The average molecular weight is 143 g/mol. The van der Waals surface area contributed by atoms with Crippen LogP contribution in [0.4, 0.5) is 0 Å². The van der Waals surface area contributed by atoms with Gasteiger partial charge in [0.1, 0.15) is 11.3 Å². The molecule has 0 aromatic rings. The Balaban J connectivity index is 2.72. The quantitative estimate of drug-likeness (QED) is 0.514. The molecule has 0 bridgehead atoms. The summed E-state index contributed by atoms with van der Waals surface area (Å²) < 4.78 is 0. The van der Waals surface area contributed by atoms with Crippen LogP contribution >= 0.6 is 0 Å². The van der Waals surface area contributed by atoms with Crippen LogP contribution in [0.1, 0.15) is 13.3 Å². The summed E-state index contributed by atoms with van der Waals surface area (Å²) in [5, 5.41) is 11.2. The third kappa shape index (κ3) is 1.02. The first-order valence-electron chi connectivity index (χ1n) is 3.05. The lowest BCUT2D eigenvalue weighted by atomic mass is 10.0. The second-order valence-electron chi connectivity index (χ2n) is 2.71. The largest absolute Gasteiger partial charge is 0.480 e. The minimum Gasteiger partial charge on any atom is -0.480 e. The third-order valence-electron chi connectivity index (χ3n) is 1.70. The van der Waals surface area contributed by atoms with Crippen LogP contribution in [0.2, 0.25) is 0 Å². The number of carbonyl (C=O) groups excluding carboxylic acids is 1. The van der Waals surface area contributed by atoms with Crippen LogP contribution in [0.3, 0.4) is 0 Å². The fourth-order valence-corrected chi connectivity index (χ4v) is 0.964. The fraction of sp³-hybridized carbons (Fsp3) is 0.667. The van der Waals surface area contributed by atoms with Crippen LogP contribution in [-0.2, 0) is 9.59 Å². The zero-order valence-electron chi connectivity index (χ0n) is 5.68. The van der Waals surface area contributed by atoms with Crippen molar-refractivity contribution in [3.8, 4) is 0 Å². The van der Waals surface area contributed by atoms with Crippen molar-refractivity contribution in [1.82, 2.24) is 5.32 Å². The number of hydrogen-bond acceptors (Lipinski definition) is 3. The highest BCUT2D eigenvalue weighted by Gasteiger charge is 2.40. The van der Waals surface area contributed by atoms with E-state index in [9.17, 15) is 9.59 Å². The summed E-state index contributed by atoms with van der Waals surface area (Å²) in [6, 6.07) is 0. The topological polar surface area (TPSA) is 66.4 Å². The molecule has 0 saturated carbocycles. The third-order valence-corrected chi connectivity index (χ3v) is 1.70. The molecule has 1 saturated heterocycles. The number of hydrogen-bond donors (Lipinski definition) is 2. The van der Waals surface area contributed by atoms with E-state index in [1.54, 1.807) is 0 Å². The maximum absolute atomic E-state index is 10.6. The molecule has 1 rings (SSSR count). The zero-order valence-corrected chi connectivity index (χ0v) is 5.68. The van der Waals surface area contributed by atoms with Crippen LogP contribution in [0.5, 0.6) is 0 Å². The second kappa shape index (κ2) is 2.05. The van der Waals surface area contributed by atoms with Crippen molar-refractivity contribution in [2.24, 2.45) is 0 Å². The molecule has 0 aliphatic carbocycles. The van der Waals surface area contributed by atoms with Gasteiger partial charge in [-0.2, -0.15) is 0 Å². The van der Waals surface area contributed by atoms with E-state index < -0.39 is 11.5 Å². The van der Waals surface area contributed by atoms with Gasteiger partial charge in [0, 0.05) is 6.42 Å². The van der Waals surface area contributed by atoms with E-state index in [1.807, 2.05) is 0 Å². The number of aliphatic carboxylic acids is 1. The van der Waals surface area contributed by atoms with Crippen molar-refractivity contribution in [3.05, 3.63) is 0 Å². The first-order valence-corrected chi connectivity index (χ1v) is 3.05. The van der Waals surface area contributed by atoms with Gasteiger partial charge in [0.05, 0.1) is 6.54 Å². The van der Waals surface area contributed by atoms with Crippen molar-refractivity contribution in [2.45, 2.75) is 18.9 Å². The van der Waals surface area contributed by atoms with E-state index in [2.05, 4.69) is 5.32 Å². The van der Waals surface area contributed by atoms with Crippen molar-refractivity contribution >= 4 is 11.8 Å². The summed E-state index contributed by atoms with van der Waals surface area (Å²) in [5.41, 5.74) is -1.02. The van der Waals surface area contributed by atoms with Crippen molar-refractivity contribution in [2.75, 3.05) is 6.54 Å². The predicted molar refractivity (Wildman–Crippen MR) is 33.7 cm³/mol. The summed E-state index contributed by atoms with van der Waals surface area (Å²) in [5.74, 6) is -0.997. The normalized spacial score (nSPS) is 32.7. The Labute approximate surface area is 58.2 Å². The number of nitrogens with one attached hydrogen (secondary N) is 1. The Morgan fingerprint density at radius 3 is 2.60 bits per heavy atom. The van der Waals surface area contributed by atoms with Gasteiger partial charge in [-0.05, 0) is 6.92 Å². The average Bonchev–Trinajstić information content (AvgIpc) is 2.13. The SMILES string of the molecule is CC1(C(=O)O)CC(=O)CN1. The first kappa shape index (κ1) is 7.21. The van der Waals surface area contributed by atoms with E-state index in [0.717, 1.165) is 0 Å².